The maximum absolute atomic E-state index is 5.53. The highest BCUT2D eigenvalue weighted by molar-refractivity contribution is 9.10. The molecule has 3 N–H and O–H groups in total. The molecule has 0 saturated carbocycles. The molecule has 2 nitrogen and oxygen atoms in total. The monoisotopic (exact) mass is 266 g/mol. The Labute approximate surface area is 99.3 Å². The molecule has 0 radical (unpaired) electrons. The van der Waals surface area contributed by atoms with Gasteiger partial charge in [0.2, 0.25) is 0 Å². The highest BCUT2D eigenvalue weighted by atomic mass is 79.9. The minimum absolute atomic E-state index is 0.107. The summed E-state index contributed by atoms with van der Waals surface area (Å²) in [5, 5.41) is 0. The third-order valence-electron chi connectivity index (χ3n) is 2.31. The number of hydrogen-bond donors (Lipinski definition) is 2. The number of benzene rings is 1. The first-order valence-corrected chi connectivity index (χ1v) is 5.64. The third-order valence-corrected chi connectivity index (χ3v) is 3.03. The van der Waals surface area contributed by atoms with Crippen molar-refractivity contribution in [3.05, 3.63) is 33.8 Å². The molecule has 1 atom stereocenters. The molecule has 0 aliphatic heterocycles. The van der Waals surface area contributed by atoms with Gasteiger partial charge in [-0.3, -0.25) is 11.3 Å². The zero-order valence-electron chi connectivity index (χ0n) is 8.76. The number of nitrogens with two attached hydrogens (primary N) is 1. The second-order valence-electron chi connectivity index (χ2n) is 3.49. The number of hydrogen-bond acceptors (Lipinski definition) is 2. The van der Waals surface area contributed by atoms with Crippen LogP contribution in [0.25, 0.3) is 0 Å². The highest BCUT2D eigenvalue weighted by Gasteiger charge is 2.12. The molecule has 0 aromatic heterocycles. The van der Waals surface area contributed by atoms with Gasteiger partial charge in [-0.25, -0.2) is 0 Å². The molecule has 0 fully saturated rings. The van der Waals surface area contributed by atoms with E-state index in [4.69, 9.17) is 12.3 Å². The number of terminal acetylenes is 1. The molecule has 0 amide bonds. The number of rotatable bonds is 4. The molecule has 0 spiro atoms. The molecule has 1 unspecified atom stereocenters. The summed E-state index contributed by atoms with van der Waals surface area (Å²) in [5.74, 6) is 8.15. The zero-order chi connectivity index (χ0) is 11.3. The molecule has 1 aromatic rings. The van der Waals surface area contributed by atoms with E-state index >= 15 is 0 Å². The highest BCUT2D eigenvalue weighted by Crippen LogP contribution is 2.26. The standard InChI is InChI=1S/C12H15BrN2/c1-3-4-5-12(15-14)10-8-9(2)6-7-11(10)13/h1,6-8,12,15H,4-5,14H2,2H3. The van der Waals surface area contributed by atoms with E-state index in [2.05, 4.69) is 46.3 Å². The molecule has 3 heteroatoms. The topological polar surface area (TPSA) is 38.0 Å². The molecular formula is C12H15BrN2. The number of halogens is 1. The van der Waals surface area contributed by atoms with Crippen LogP contribution in [0, 0.1) is 19.3 Å². The van der Waals surface area contributed by atoms with Crippen LogP contribution < -0.4 is 11.3 Å². The Hall–Kier alpha value is -0.820. The maximum atomic E-state index is 5.53. The predicted molar refractivity (Wildman–Crippen MR) is 67.0 cm³/mol. The van der Waals surface area contributed by atoms with Gasteiger partial charge in [0.15, 0.2) is 0 Å². The summed E-state index contributed by atoms with van der Waals surface area (Å²) in [4.78, 5) is 0. The average molecular weight is 267 g/mol. The van der Waals surface area contributed by atoms with Crippen molar-refractivity contribution in [2.45, 2.75) is 25.8 Å². The van der Waals surface area contributed by atoms with Crippen molar-refractivity contribution >= 4 is 15.9 Å². The van der Waals surface area contributed by atoms with E-state index in [1.165, 1.54) is 5.56 Å². The van der Waals surface area contributed by atoms with Crippen LogP contribution in [0.3, 0.4) is 0 Å². The van der Waals surface area contributed by atoms with E-state index in [1.807, 2.05) is 6.07 Å². The average Bonchev–Trinajstić information content (AvgIpc) is 2.24. The first-order chi connectivity index (χ1) is 7.19. The molecule has 0 aliphatic rings. The van der Waals surface area contributed by atoms with Crippen LogP contribution in [-0.4, -0.2) is 0 Å². The van der Waals surface area contributed by atoms with Crippen molar-refractivity contribution in [1.29, 1.82) is 0 Å². The van der Waals surface area contributed by atoms with Gasteiger partial charge in [0.05, 0.1) is 0 Å². The molecule has 80 valence electrons. The van der Waals surface area contributed by atoms with Gasteiger partial charge in [0.1, 0.15) is 0 Å². The Bertz CT molecular complexity index is 368. The quantitative estimate of drug-likeness (QED) is 0.500. The SMILES string of the molecule is C#CCCC(NN)c1cc(C)ccc1Br. The van der Waals surface area contributed by atoms with Crippen LogP contribution >= 0.6 is 15.9 Å². The lowest BCUT2D eigenvalue weighted by Gasteiger charge is -2.17. The van der Waals surface area contributed by atoms with Gasteiger partial charge in [-0.15, -0.1) is 12.3 Å². The summed E-state index contributed by atoms with van der Waals surface area (Å²) in [6.07, 6.45) is 6.81. The van der Waals surface area contributed by atoms with Crippen LogP contribution in [0.1, 0.15) is 30.0 Å². The Morgan fingerprint density at radius 3 is 2.93 bits per heavy atom. The lowest BCUT2D eigenvalue weighted by Crippen LogP contribution is -2.28. The first kappa shape index (κ1) is 12.3. The second-order valence-corrected chi connectivity index (χ2v) is 4.34. The Kier molecular flexibility index (Phi) is 4.83. The van der Waals surface area contributed by atoms with Gasteiger partial charge in [-0.2, -0.15) is 0 Å². The van der Waals surface area contributed by atoms with Gasteiger partial charge in [-0.05, 0) is 25.0 Å². The van der Waals surface area contributed by atoms with Gasteiger partial charge in [0, 0.05) is 16.9 Å². The van der Waals surface area contributed by atoms with Gasteiger partial charge in [-0.1, -0.05) is 33.6 Å². The molecule has 1 aromatic carbocycles. The molecule has 0 heterocycles. The predicted octanol–water partition coefficient (Wildman–Crippen LogP) is 2.68. The maximum Gasteiger partial charge on any atom is 0.0480 e. The fourth-order valence-corrected chi connectivity index (χ4v) is 2.01. The first-order valence-electron chi connectivity index (χ1n) is 4.84. The number of nitrogens with one attached hydrogen (secondary N) is 1. The van der Waals surface area contributed by atoms with E-state index in [9.17, 15) is 0 Å². The lowest BCUT2D eigenvalue weighted by molar-refractivity contribution is 0.522. The van der Waals surface area contributed by atoms with E-state index in [0.29, 0.717) is 0 Å². The van der Waals surface area contributed by atoms with Gasteiger partial charge >= 0.3 is 0 Å². The van der Waals surface area contributed by atoms with Crippen LogP contribution in [0.15, 0.2) is 22.7 Å². The van der Waals surface area contributed by atoms with Gasteiger partial charge in [0.25, 0.3) is 0 Å². The van der Waals surface area contributed by atoms with Gasteiger partial charge < -0.3 is 0 Å². The molecular weight excluding hydrogens is 252 g/mol. The second kappa shape index (κ2) is 5.92. The number of aryl methyl sites for hydroxylation is 1. The Morgan fingerprint density at radius 1 is 1.60 bits per heavy atom. The van der Waals surface area contributed by atoms with Crippen LogP contribution in [0.4, 0.5) is 0 Å². The van der Waals surface area contributed by atoms with Crippen LogP contribution in [-0.2, 0) is 0 Å². The Balaban J connectivity index is 2.91. The lowest BCUT2D eigenvalue weighted by atomic mass is 10.0. The van der Waals surface area contributed by atoms with E-state index in [1.54, 1.807) is 0 Å². The minimum Gasteiger partial charge on any atom is -0.271 e. The molecule has 15 heavy (non-hydrogen) atoms. The summed E-state index contributed by atoms with van der Waals surface area (Å²) < 4.78 is 1.06. The molecule has 1 rings (SSSR count). The van der Waals surface area contributed by atoms with E-state index < -0.39 is 0 Å². The van der Waals surface area contributed by atoms with Crippen LogP contribution in [0.5, 0.6) is 0 Å². The Morgan fingerprint density at radius 2 is 2.33 bits per heavy atom. The van der Waals surface area contributed by atoms with Crippen molar-refractivity contribution in [1.82, 2.24) is 5.43 Å². The zero-order valence-corrected chi connectivity index (χ0v) is 10.3. The fourth-order valence-electron chi connectivity index (χ4n) is 1.49. The number of hydrazine groups is 1. The van der Waals surface area contributed by atoms with Crippen LogP contribution in [0.2, 0.25) is 0 Å². The third kappa shape index (κ3) is 3.35. The molecule has 0 aliphatic carbocycles. The summed E-state index contributed by atoms with van der Waals surface area (Å²) in [7, 11) is 0. The van der Waals surface area contributed by atoms with E-state index in [-0.39, 0.29) is 6.04 Å². The molecule has 0 saturated heterocycles. The van der Waals surface area contributed by atoms with Crippen molar-refractivity contribution in [3.63, 3.8) is 0 Å². The molecule has 0 bridgehead atoms. The van der Waals surface area contributed by atoms with Crippen molar-refractivity contribution in [3.8, 4) is 12.3 Å². The normalized spacial score (nSPS) is 12.1. The van der Waals surface area contributed by atoms with Crippen molar-refractivity contribution in [2.75, 3.05) is 0 Å². The van der Waals surface area contributed by atoms with Crippen molar-refractivity contribution in [2.24, 2.45) is 5.84 Å². The summed E-state index contributed by atoms with van der Waals surface area (Å²) >= 11 is 3.52. The summed E-state index contributed by atoms with van der Waals surface area (Å²) in [6.45, 7) is 2.06. The van der Waals surface area contributed by atoms with E-state index in [0.717, 1.165) is 22.9 Å². The summed E-state index contributed by atoms with van der Waals surface area (Å²) in [5.41, 5.74) is 5.17. The summed E-state index contributed by atoms with van der Waals surface area (Å²) in [6, 6.07) is 6.31. The minimum atomic E-state index is 0.107. The smallest absolute Gasteiger partial charge is 0.0480 e. The fraction of sp³-hybridized carbons (Fsp3) is 0.333. The largest absolute Gasteiger partial charge is 0.271 e. The van der Waals surface area contributed by atoms with Crippen molar-refractivity contribution < 1.29 is 0 Å².